The third-order valence-electron chi connectivity index (χ3n) is 3.63. The van der Waals surface area contributed by atoms with Crippen LogP contribution >= 0.6 is 0 Å². The summed E-state index contributed by atoms with van der Waals surface area (Å²) in [6.45, 7) is 1.72. The smallest absolute Gasteiger partial charge is 0.231 e. The summed E-state index contributed by atoms with van der Waals surface area (Å²) in [6.07, 6.45) is 3.52. The van der Waals surface area contributed by atoms with Crippen LogP contribution in [0.25, 0.3) is 0 Å². The lowest BCUT2D eigenvalue weighted by Gasteiger charge is -2.10. The van der Waals surface area contributed by atoms with E-state index >= 15 is 0 Å². The number of fused-ring (bicyclic) bond motifs is 1. The van der Waals surface area contributed by atoms with Gasteiger partial charge in [0.25, 0.3) is 0 Å². The molecular weight excluding hydrogens is 258 g/mol. The summed E-state index contributed by atoms with van der Waals surface area (Å²) < 4.78 is 16.1. The third-order valence-corrected chi connectivity index (χ3v) is 3.63. The number of ether oxygens (including phenoxy) is 3. The van der Waals surface area contributed by atoms with Gasteiger partial charge in [0.2, 0.25) is 12.7 Å². The Labute approximate surface area is 118 Å². The molecule has 1 atom stereocenters. The van der Waals surface area contributed by atoms with Crippen molar-refractivity contribution >= 4 is 5.91 Å². The molecule has 1 unspecified atom stereocenters. The molecule has 1 N–H and O–H groups in total. The first kappa shape index (κ1) is 13.2. The molecule has 2 heterocycles. The minimum Gasteiger partial charge on any atom is -0.454 e. The van der Waals surface area contributed by atoms with E-state index in [1.807, 2.05) is 18.2 Å². The molecule has 2 aliphatic heterocycles. The Hall–Kier alpha value is -1.75. The Bertz CT molecular complexity index is 483. The molecule has 0 radical (unpaired) electrons. The first-order chi connectivity index (χ1) is 9.81. The fourth-order valence-electron chi connectivity index (χ4n) is 2.48. The molecule has 0 saturated carbocycles. The molecule has 0 aromatic heterocycles. The average molecular weight is 277 g/mol. The number of carbonyl (C=O) groups excluding carboxylic acids is 1. The number of benzene rings is 1. The molecule has 20 heavy (non-hydrogen) atoms. The van der Waals surface area contributed by atoms with E-state index in [0.717, 1.165) is 36.5 Å². The van der Waals surface area contributed by atoms with Crippen molar-refractivity contribution in [2.24, 2.45) is 0 Å². The normalized spacial score (nSPS) is 20.1. The SMILES string of the molecule is O=C(CCc1ccc2c(c1)OCO2)NCC1CCCO1. The lowest BCUT2D eigenvalue weighted by atomic mass is 10.1. The van der Waals surface area contributed by atoms with Gasteiger partial charge in [-0.15, -0.1) is 0 Å². The van der Waals surface area contributed by atoms with Crippen molar-refractivity contribution in [2.45, 2.75) is 31.8 Å². The predicted octanol–water partition coefficient (Wildman–Crippen LogP) is 1.64. The van der Waals surface area contributed by atoms with Gasteiger partial charge in [-0.05, 0) is 37.0 Å². The molecule has 5 nitrogen and oxygen atoms in total. The summed E-state index contributed by atoms with van der Waals surface area (Å²) in [7, 11) is 0. The van der Waals surface area contributed by atoms with Crippen LogP contribution in [-0.4, -0.2) is 32.0 Å². The highest BCUT2D eigenvalue weighted by Gasteiger charge is 2.16. The zero-order valence-corrected chi connectivity index (χ0v) is 11.4. The van der Waals surface area contributed by atoms with Gasteiger partial charge < -0.3 is 19.5 Å². The van der Waals surface area contributed by atoms with Crippen LogP contribution in [0.2, 0.25) is 0 Å². The maximum Gasteiger partial charge on any atom is 0.231 e. The summed E-state index contributed by atoms with van der Waals surface area (Å²) in [5.41, 5.74) is 1.08. The van der Waals surface area contributed by atoms with Gasteiger partial charge >= 0.3 is 0 Å². The monoisotopic (exact) mass is 277 g/mol. The molecule has 3 rings (SSSR count). The second-order valence-electron chi connectivity index (χ2n) is 5.13. The average Bonchev–Trinajstić information content (AvgIpc) is 3.13. The summed E-state index contributed by atoms with van der Waals surface area (Å²) in [5, 5.41) is 2.93. The zero-order chi connectivity index (χ0) is 13.8. The number of amides is 1. The van der Waals surface area contributed by atoms with Crippen molar-refractivity contribution in [3.8, 4) is 11.5 Å². The molecule has 108 valence electrons. The summed E-state index contributed by atoms with van der Waals surface area (Å²) in [6, 6.07) is 5.80. The van der Waals surface area contributed by atoms with E-state index < -0.39 is 0 Å². The highest BCUT2D eigenvalue weighted by molar-refractivity contribution is 5.76. The Morgan fingerprint density at radius 1 is 1.30 bits per heavy atom. The molecule has 1 fully saturated rings. The van der Waals surface area contributed by atoms with E-state index in [-0.39, 0.29) is 18.8 Å². The van der Waals surface area contributed by atoms with Crippen molar-refractivity contribution in [3.05, 3.63) is 23.8 Å². The Morgan fingerprint density at radius 2 is 2.20 bits per heavy atom. The summed E-state index contributed by atoms with van der Waals surface area (Å²) >= 11 is 0. The van der Waals surface area contributed by atoms with Gasteiger partial charge in [-0.2, -0.15) is 0 Å². The molecule has 1 amide bonds. The van der Waals surface area contributed by atoms with Crippen LogP contribution in [0.5, 0.6) is 11.5 Å². The maximum atomic E-state index is 11.8. The third kappa shape index (κ3) is 3.22. The molecule has 5 heteroatoms. The fraction of sp³-hybridized carbons (Fsp3) is 0.533. The highest BCUT2D eigenvalue weighted by atomic mass is 16.7. The van der Waals surface area contributed by atoms with Gasteiger partial charge in [0.1, 0.15) is 0 Å². The first-order valence-corrected chi connectivity index (χ1v) is 7.08. The minimum absolute atomic E-state index is 0.0677. The molecule has 1 saturated heterocycles. The van der Waals surface area contributed by atoms with Crippen molar-refractivity contribution in [3.63, 3.8) is 0 Å². The van der Waals surface area contributed by atoms with Gasteiger partial charge in [0.05, 0.1) is 6.10 Å². The van der Waals surface area contributed by atoms with Crippen LogP contribution in [0.4, 0.5) is 0 Å². The van der Waals surface area contributed by atoms with Crippen LogP contribution in [0.15, 0.2) is 18.2 Å². The first-order valence-electron chi connectivity index (χ1n) is 7.08. The Balaban J connectivity index is 1.43. The van der Waals surface area contributed by atoms with Crippen LogP contribution in [0, 0.1) is 0 Å². The number of hydrogen-bond donors (Lipinski definition) is 1. The van der Waals surface area contributed by atoms with Crippen LogP contribution in [0.3, 0.4) is 0 Å². The molecule has 0 spiro atoms. The number of hydrogen-bond acceptors (Lipinski definition) is 4. The molecule has 1 aromatic rings. The highest BCUT2D eigenvalue weighted by Crippen LogP contribution is 2.32. The van der Waals surface area contributed by atoms with Crippen LogP contribution in [-0.2, 0) is 16.0 Å². The fourth-order valence-corrected chi connectivity index (χ4v) is 2.48. The van der Waals surface area contributed by atoms with E-state index in [1.54, 1.807) is 0 Å². The van der Waals surface area contributed by atoms with Crippen LogP contribution < -0.4 is 14.8 Å². The van der Waals surface area contributed by atoms with Crippen molar-refractivity contribution in [1.82, 2.24) is 5.32 Å². The Kier molecular flexibility index (Phi) is 4.06. The molecule has 1 aromatic carbocycles. The van der Waals surface area contributed by atoms with E-state index in [0.29, 0.717) is 19.4 Å². The van der Waals surface area contributed by atoms with Crippen molar-refractivity contribution in [2.75, 3.05) is 19.9 Å². The summed E-state index contributed by atoms with van der Waals surface area (Å²) in [5.74, 6) is 1.61. The van der Waals surface area contributed by atoms with Crippen molar-refractivity contribution in [1.29, 1.82) is 0 Å². The number of rotatable bonds is 5. The maximum absolute atomic E-state index is 11.8. The standard InChI is InChI=1S/C15H19NO4/c17-15(16-9-12-2-1-7-18-12)6-4-11-3-5-13-14(8-11)20-10-19-13/h3,5,8,12H,1-2,4,6-7,9-10H2,(H,16,17). The summed E-state index contributed by atoms with van der Waals surface area (Å²) in [4.78, 5) is 11.8. The van der Waals surface area contributed by atoms with E-state index in [4.69, 9.17) is 14.2 Å². The van der Waals surface area contributed by atoms with Crippen molar-refractivity contribution < 1.29 is 19.0 Å². The zero-order valence-electron chi connectivity index (χ0n) is 11.4. The minimum atomic E-state index is 0.0677. The molecular formula is C15H19NO4. The number of carbonyl (C=O) groups is 1. The van der Waals surface area contributed by atoms with Gasteiger partial charge in [0.15, 0.2) is 11.5 Å². The Morgan fingerprint density at radius 3 is 3.05 bits per heavy atom. The quantitative estimate of drug-likeness (QED) is 0.889. The topological polar surface area (TPSA) is 56.8 Å². The largest absolute Gasteiger partial charge is 0.454 e. The second kappa shape index (κ2) is 6.13. The van der Waals surface area contributed by atoms with Gasteiger partial charge in [0, 0.05) is 19.6 Å². The van der Waals surface area contributed by atoms with E-state index in [1.165, 1.54) is 0 Å². The van der Waals surface area contributed by atoms with Gasteiger partial charge in [-0.1, -0.05) is 6.07 Å². The number of aryl methyl sites for hydroxylation is 1. The molecule has 2 aliphatic rings. The lowest BCUT2D eigenvalue weighted by Crippen LogP contribution is -2.31. The van der Waals surface area contributed by atoms with E-state index in [2.05, 4.69) is 5.32 Å². The van der Waals surface area contributed by atoms with Gasteiger partial charge in [-0.3, -0.25) is 4.79 Å². The molecule has 0 aliphatic carbocycles. The van der Waals surface area contributed by atoms with E-state index in [9.17, 15) is 4.79 Å². The number of nitrogens with one attached hydrogen (secondary N) is 1. The lowest BCUT2D eigenvalue weighted by molar-refractivity contribution is -0.121. The predicted molar refractivity (Wildman–Crippen MR) is 72.9 cm³/mol. The van der Waals surface area contributed by atoms with Gasteiger partial charge in [-0.25, -0.2) is 0 Å². The molecule has 0 bridgehead atoms. The van der Waals surface area contributed by atoms with Crippen LogP contribution in [0.1, 0.15) is 24.8 Å². The second-order valence-corrected chi connectivity index (χ2v) is 5.13.